The maximum absolute atomic E-state index is 10.4. The minimum absolute atomic E-state index is 0.602. The van der Waals surface area contributed by atoms with Crippen LogP contribution in [0.4, 0.5) is 0 Å². The first-order valence-electron chi connectivity index (χ1n) is 4.62. The maximum Gasteiger partial charge on any atom is 0.328 e. The summed E-state index contributed by atoms with van der Waals surface area (Å²) in [5, 5.41) is 10.0. The van der Waals surface area contributed by atoms with Crippen LogP contribution in [0.15, 0.2) is 36.5 Å². The molecule has 0 atom stereocenters. The highest BCUT2D eigenvalue weighted by molar-refractivity contribution is 6.31. The zero-order chi connectivity index (χ0) is 11.5. The minimum Gasteiger partial charge on any atom is -0.478 e. The van der Waals surface area contributed by atoms with E-state index in [1.807, 2.05) is 0 Å². The number of nitrogens with zero attached hydrogens (tertiary/aromatic N) is 1. The average molecular weight is 234 g/mol. The monoisotopic (exact) mass is 233 g/mol. The number of halogens is 1. The van der Waals surface area contributed by atoms with Crippen LogP contribution in [-0.4, -0.2) is 16.1 Å². The number of fused-ring (bicyclic) bond motifs is 1. The van der Waals surface area contributed by atoms with Gasteiger partial charge in [-0.05, 0) is 35.9 Å². The van der Waals surface area contributed by atoms with E-state index in [2.05, 4.69) is 4.98 Å². The van der Waals surface area contributed by atoms with E-state index in [4.69, 9.17) is 16.7 Å². The fourth-order valence-electron chi connectivity index (χ4n) is 1.45. The molecular formula is C12H8ClNO2. The zero-order valence-corrected chi connectivity index (χ0v) is 8.98. The third-order valence-electron chi connectivity index (χ3n) is 2.14. The van der Waals surface area contributed by atoms with Gasteiger partial charge in [-0.3, -0.25) is 4.98 Å². The number of rotatable bonds is 2. The number of benzene rings is 1. The van der Waals surface area contributed by atoms with Crippen LogP contribution in [-0.2, 0) is 4.79 Å². The van der Waals surface area contributed by atoms with Gasteiger partial charge in [-0.2, -0.15) is 0 Å². The lowest BCUT2D eigenvalue weighted by molar-refractivity contribution is -0.131. The van der Waals surface area contributed by atoms with Crippen molar-refractivity contribution in [1.29, 1.82) is 0 Å². The number of hydrogen-bond donors (Lipinski definition) is 1. The molecule has 0 aliphatic carbocycles. The largest absolute Gasteiger partial charge is 0.478 e. The highest BCUT2D eigenvalue weighted by atomic mass is 35.5. The molecule has 0 aliphatic heterocycles. The Balaban J connectivity index is 2.60. The quantitative estimate of drug-likeness (QED) is 0.812. The molecule has 0 fully saturated rings. The molecule has 1 heterocycles. The van der Waals surface area contributed by atoms with Gasteiger partial charge < -0.3 is 5.11 Å². The molecule has 2 rings (SSSR count). The Morgan fingerprint density at radius 2 is 2.19 bits per heavy atom. The number of carboxylic acid groups (broad SMARTS) is 1. The lowest BCUT2D eigenvalue weighted by Gasteiger charge is -2.01. The maximum atomic E-state index is 10.4. The standard InChI is InChI=1S/C12H8ClNO2/c13-9-2-3-11-10(7-9)8(5-6-14-11)1-4-12(15)16/h1-7H,(H,15,16)/b4-1+. The Kier molecular flexibility index (Phi) is 2.88. The van der Waals surface area contributed by atoms with E-state index in [0.29, 0.717) is 5.02 Å². The molecule has 1 aromatic carbocycles. The van der Waals surface area contributed by atoms with E-state index < -0.39 is 5.97 Å². The van der Waals surface area contributed by atoms with Crippen LogP contribution in [0.2, 0.25) is 5.02 Å². The predicted molar refractivity (Wildman–Crippen MR) is 63.4 cm³/mol. The van der Waals surface area contributed by atoms with Crippen molar-refractivity contribution in [3.63, 3.8) is 0 Å². The molecule has 0 amide bonds. The van der Waals surface area contributed by atoms with E-state index in [9.17, 15) is 4.79 Å². The molecule has 16 heavy (non-hydrogen) atoms. The van der Waals surface area contributed by atoms with Crippen LogP contribution in [0, 0.1) is 0 Å². The van der Waals surface area contributed by atoms with Gasteiger partial charge in [0.05, 0.1) is 5.52 Å². The molecular weight excluding hydrogens is 226 g/mol. The van der Waals surface area contributed by atoms with Crippen molar-refractivity contribution in [3.8, 4) is 0 Å². The lowest BCUT2D eigenvalue weighted by atomic mass is 10.1. The summed E-state index contributed by atoms with van der Waals surface area (Å²) in [6.07, 6.45) is 4.26. The van der Waals surface area contributed by atoms with Gasteiger partial charge in [0, 0.05) is 22.7 Å². The van der Waals surface area contributed by atoms with Gasteiger partial charge in [0.15, 0.2) is 0 Å². The van der Waals surface area contributed by atoms with Crippen molar-refractivity contribution in [3.05, 3.63) is 47.1 Å². The van der Waals surface area contributed by atoms with Gasteiger partial charge >= 0.3 is 5.97 Å². The second kappa shape index (κ2) is 4.33. The molecule has 4 heteroatoms. The average Bonchev–Trinajstić information content (AvgIpc) is 2.26. The predicted octanol–water partition coefficient (Wildman–Crippen LogP) is 2.99. The van der Waals surface area contributed by atoms with Crippen molar-refractivity contribution in [2.45, 2.75) is 0 Å². The van der Waals surface area contributed by atoms with E-state index in [1.165, 1.54) is 6.08 Å². The molecule has 2 aromatic rings. The molecule has 3 nitrogen and oxygen atoms in total. The van der Waals surface area contributed by atoms with Gasteiger partial charge in [-0.15, -0.1) is 0 Å². The Labute approximate surface area is 97.0 Å². The second-order valence-electron chi connectivity index (χ2n) is 3.23. The van der Waals surface area contributed by atoms with Gasteiger partial charge in [0.1, 0.15) is 0 Å². The number of aromatic nitrogens is 1. The van der Waals surface area contributed by atoms with E-state index >= 15 is 0 Å². The summed E-state index contributed by atoms with van der Waals surface area (Å²) in [5.41, 5.74) is 1.58. The first-order chi connectivity index (χ1) is 7.66. The van der Waals surface area contributed by atoms with Crippen LogP contribution in [0.25, 0.3) is 17.0 Å². The van der Waals surface area contributed by atoms with Gasteiger partial charge in [-0.1, -0.05) is 11.6 Å². The van der Waals surface area contributed by atoms with E-state index in [0.717, 1.165) is 22.5 Å². The number of pyridine rings is 1. The van der Waals surface area contributed by atoms with E-state index in [-0.39, 0.29) is 0 Å². The first kappa shape index (κ1) is 10.6. The molecule has 1 N–H and O–H groups in total. The molecule has 0 spiro atoms. The summed E-state index contributed by atoms with van der Waals surface area (Å²) >= 11 is 5.89. The van der Waals surface area contributed by atoms with Crippen LogP contribution in [0.3, 0.4) is 0 Å². The smallest absolute Gasteiger partial charge is 0.328 e. The summed E-state index contributed by atoms with van der Waals surface area (Å²) in [4.78, 5) is 14.6. The third kappa shape index (κ3) is 2.20. The third-order valence-corrected chi connectivity index (χ3v) is 2.38. The minimum atomic E-state index is -0.980. The van der Waals surface area contributed by atoms with Gasteiger partial charge in [0.2, 0.25) is 0 Å². The second-order valence-corrected chi connectivity index (χ2v) is 3.67. The van der Waals surface area contributed by atoms with Gasteiger partial charge in [-0.25, -0.2) is 4.79 Å². The summed E-state index contributed by atoms with van der Waals surface area (Å²) in [7, 11) is 0. The SMILES string of the molecule is O=C(O)/C=C/c1ccnc2ccc(Cl)cc12. The van der Waals surface area contributed by atoms with Crippen molar-refractivity contribution >= 4 is 34.5 Å². The van der Waals surface area contributed by atoms with E-state index in [1.54, 1.807) is 30.5 Å². The normalized spacial score (nSPS) is 11.1. The van der Waals surface area contributed by atoms with Crippen LogP contribution >= 0.6 is 11.6 Å². The topological polar surface area (TPSA) is 50.2 Å². The number of hydrogen-bond acceptors (Lipinski definition) is 2. The fourth-order valence-corrected chi connectivity index (χ4v) is 1.62. The summed E-state index contributed by atoms with van der Waals surface area (Å²) in [6, 6.07) is 7.07. The van der Waals surface area contributed by atoms with Crippen molar-refractivity contribution < 1.29 is 9.90 Å². The number of aliphatic carboxylic acids is 1. The molecule has 0 aliphatic rings. The van der Waals surface area contributed by atoms with Crippen LogP contribution < -0.4 is 0 Å². The Morgan fingerprint density at radius 3 is 2.94 bits per heavy atom. The Hall–Kier alpha value is -1.87. The highest BCUT2D eigenvalue weighted by Gasteiger charge is 2.00. The Bertz CT molecular complexity index is 578. The molecule has 1 aromatic heterocycles. The van der Waals surface area contributed by atoms with Crippen LogP contribution in [0.5, 0.6) is 0 Å². The number of carboxylic acids is 1. The highest BCUT2D eigenvalue weighted by Crippen LogP contribution is 2.21. The van der Waals surface area contributed by atoms with Crippen molar-refractivity contribution in [2.24, 2.45) is 0 Å². The first-order valence-corrected chi connectivity index (χ1v) is 5.00. The Morgan fingerprint density at radius 1 is 1.38 bits per heavy atom. The lowest BCUT2D eigenvalue weighted by Crippen LogP contribution is -1.87. The summed E-state index contributed by atoms with van der Waals surface area (Å²) in [6.45, 7) is 0. The van der Waals surface area contributed by atoms with Crippen LogP contribution in [0.1, 0.15) is 5.56 Å². The molecule has 0 unspecified atom stereocenters. The molecule has 80 valence electrons. The van der Waals surface area contributed by atoms with Crippen molar-refractivity contribution in [1.82, 2.24) is 4.98 Å². The molecule has 0 saturated carbocycles. The fraction of sp³-hybridized carbons (Fsp3) is 0. The molecule has 0 bridgehead atoms. The van der Waals surface area contributed by atoms with Crippen molar-refractivity contribution in [2.75, 3.05) is 0 Å². The number of carbonyl (C=O) groups is 1. The molecule has 0 radical (unpaired) electrons. The zero-order valence-electron chi connectivity index (χ0n) is 8.22. The summed E-state index contributed by atoms with van der Waals surface area (Å²) < 4.78 is 0. The summed E-state index contributed by atoms with van der Waals surface area (Å²) in [5.74, 6) is -0.980. The van der Waals surface area contributed by atoms with Gasteiger partial charge in [0.25, 0.3) is 0 Å². The molecule has 0 saturated heterocycles.